The molecule has 2 fully saturated rings. The molecule has 33 heavy (non-hydrogen) atoms. The fraction of sp³-hybridized carbons (Fsp3) is 0.444. The molecule has 172 valence electrons. The number of methoxy groups -OCH3 is 1. The molecule has 1 aromatic heterocycles. The summed E-state index contributed by atoms with van der Waals surface area (Å²) in [5.41, 5.74) is 3.27. The van der Waals surface area contributed by atoms with Gasteiger partial charge >= 0.3 is 0 Å². The lowest BCUT2D eigenvalue weighted by Gasteiger charge is -2.32. The predicted octanol–water partition coefficient (Wildman–Crippen LogP) is 5.05. The Morgan fingerprint density at radius 1 is 1.00 bits per heavy atom. The molecule has 1 aliphatic carbocycles. The Balaban J connectivity index is 1.20. The first-order valence-electron chi connectivity index (χ1n) is 12.0. The molecule has 1 aliphatic heterocycles. The fourth-order valence-corrected chi connectivity index (χ4v) is 5.02. The van der Waals surface area contributed by atoms with E-state index in [1.54, 1.807) is 13.3 Å². The maximum absolute atomic E-state index is 13.0. The molecule has 1 saturated heterocycles. The van der Waals surface area contributed by atoms with E-state index in [0.717, 1.165) is 67.7 Å². The van der Waals surface area contributed by atoms with Crippen molar-refractivity contribution in [2.75, 3.05) is 20.2 Å². The molecular weight excluding hydrogens is 414 g/mol. The van der Waals surface area contributed by atoms with Crippen LogP contribution in [-0.4, -0.2) is 47.1 Å². The molecule has 2 aromatic carbocycles. The van der Waals surface area contributed by atoms with Gasteiger partial charge in [-0.2, -0.15) is 0 Å². The quantitative estimate of drug-likeness (QED) is 0.531. The summed E-state index contributed by atoms with van der Waals surface area (Å²) in [6, 6.07) is 14.0. The van der Waals surface area contributed by atoms with Gasteiger partial charge in [-0.15, -0.1) is 0 Å². The Hall–Kier alpha value is -3.15. The lowest BCUT2D eigenvalue weighted by Crippen LogP contribution is -2.39. The molecule has 1 saturated carbocycles. The van der Waals surface area contributed by atoms with Crippen molar-refractivity contribution in [2.45, 2.75) is 51.0 Å². The Labute approximate surface area is 194 Å². The van der Waals surface area contributed by atoms with Crippen LogP contribution in [0.2, 0.25) is 0 Å². The first-order chi connectivity index (χ1) is 16.2. The number of carbonyl (C=O) groups excluding carboxylic acids is 1. The molecule has 2 aliphatic rings. The second kappa shape index (κ2) is 9.77. The van der Waals surface area contributed by atoms with Crippen LogP contribution in [0.15, 0.2) is 48.7 Å². The van der Waals surface area contributed by atoms with Crippen LogP contribution in [0.4, 0.5) is 0 Å². The second-order valence-corrected chi connectivity index (χ2v) is 9.19. The maximum Gasteiger partial charge on any atom is 0.274 e. The van der Waals surface area contributed by atoms with Gasteiger partial charge in [0.2, 0.25) is 0 Å². The van der Waals surface area contributed by atoms with Crippen LogP contribution in [0, 0.1) is 5.92 Å². The van der Waals surface area contributed by atoms with Gasteiger partial charge in [0, 0.05) is 13.1 Å². The monoisotopic (exact) mass is 445 g/mol. The van der Waals surface area contributed by atoms with Gasteiger partial charge in [-0.1, -0.05) is 18.2 Å². The zero-order chi connectivity index (χ0) is 22.6. The Bertz CT molecular complexity index is 1120. The van der Waals surface area contributed by atoms with Crippen molar-refractivity contribution in [1.29, 1.82) is 0 Å². The van der Waals surface area contributed by atoms with Crippen LogP contribution in [0.25, 0.3) is 11.0 Å². The summed E-state index contributed by atoms with van der Waals surface area (Å²) in [6.07, 6.45) is 9.60. The van der Waals surface area contributed by atoms with Crippen molar-refractivity contribution in [2.24, 2.45) is 5.92 Å². The average molecular weight is 446 g/mol. The highest BCUT2D eigenvalue weighted by molar-refractivity contribution is 5.93. The number of benzene rings is 2. The van der Waals surface area contributed by atoms with E-state index in [9.17, 15) is 4.79 Å². The van der Waals surface area contributed by atoms with Crippen molar-refractivity contribution in [3.8, 4) is 11.5 Å². The fourth-order valence-electron chi connectivity index (χ4n) is 5.02. The SMILES string of the molecule is COc1ccc(CC2CCN(C(=O)c3cnc4ccccc4n3)CC2)cc1OC1CCCC1. The number of nitrogens with zero attached hydrogens (tertiary/aromatic N) is 3. The van der Waals surface area contributed by atoms with Crippen LogP contribution in [0.1, 0.15) is 54.6 Å². The third kappa shape index (κ3) is 4.95. The van der Waals surface area contributed by atoms with Crippen LogP contribution < -0.4 is 9.47 Å². The van der Waals surface area contributed by atoms with Gasteiger partial charge in [0.05, 0.1) is 30.4 Å². The third-order valence-electron chi connectivity index (χ3n) is 6.92. The number of ether oxygens (including phenoxy) is 2. The van der Waals surface area contributed by atoms with E-state index in [1.807, 2.05) is 35.2 Å². The van der Waals surface area contributed by atoms with E-state index in [-0.39, 0.29) is 5.91 Å². The van der Waals surface area contributed by atoms with Crippen molar-refractivity contribution < 1.29 is 14.3 Å². The minimum absolute atomic E-state index is 0.0246. The molecular formula is C27H31N3O3. The number of likely N-dealkylation sites (tertiary alicyclic amines) is 1. The van der Waals surface area contributed by atoms with E-state index in [2.05, 4.69) is 22.1 Å². The molecule has 5 rings (SSSR count). The van der Waals surface area contributed by atoms with Crippen molar-refractivity contribution in [3.63, 3.8) is 0 Å². The van der Waals surface area contributed by atoms with Gasteiger partial charge < -0.3 is 14.4 Å². The first kappa shape index (κ1) is 21.7. The number of hydrogen-bond acceptors (Lipinski definition) is 5. The summed E-state index contributed by atoms with van der Waals surface area (Å²) in [7, 11) is 1.70. The number of hydrogen-bond donors (Lipinski definition) is 0. The Kier molecular flexibility index (Phi) is 6.42. The molecule has 6 heteroatoms. The number of amides is 1. The number of rotatable bonds is 6. The standard InChI is InChI=1S/C27H31N3O3/c1-32-25-11-10-20(17-26(25)33-21-6-2-3-7-21)16-19-12-14-30(15-13-19)27(31)24-18-28-22-8-4-5-9-23(22)29-24/h4-5,8-11,17-19,21H,2-3,6-7,12-16H2,1H3. The van der Waals surface area contributed by atoms with E-state index in [4.69, 9.17) is 9.47 Å². The minimum atomic E-state index is -0.0246. The highest BCUT2D eigenvalue weighted by atomic mass is 16.5. The summed E-state index contributed by atoms with van der Waals surface area (Å²) in [4.78, 5) is 23.8. The normalized spacial score (nSPS) is 17.4. The summed E-state index contributed by atoms with van der Waals surface area (Å²) >= 11 is 0. The molecule has 0 atom stereocenters. The third-order valence-corrected chi connectivity index (χ3v) is 6.92. The topological polar surface area (TPSA) is 64.5 Å². The molecule has 0 unspecified atom stereocenters. The number of fused-ring (bicyclic) bond motifs is 1. The van der Waals surface area contributed by atoms with Crippen LogP contribution in [0.5, 0.6) is 11.5 Å². The van der Waals surface area contributed by atoms with E-state index in [0.29, 0.717) is 17.7 Å². The predicted molar refractivity (Wildman–Crippen MR) is 128 cm³/mol. The van der Waals surface area contributed by atoms with Gasteiger partial charge in [-0.3, -0.25) is 9.78 Å². The van der Waals surface area contributed by atoms with Crippen LogP contribution >= 0.6 is 0 Å². The van der Waals surface area contributed by atoms with E-state index < -0.39 is 0 Å². The van der Waals surface area contributed by atoms with Crippen LogP contribution in [0.3, 0.4) is 0 Å². The molecule has 3 aromatic rings. The molecule has 0 N–H and O–H groups in total. The summed E-state index contributed by atoms with van der Waals surface area (Å²) < 4.78 is 11.8. The number of piperidine rings is 1. The maximum atomic E-state index is 13.0. The molecule has 0 radical (unpaired) electrons. The van der Waals surface area contributed by atoms with Crippen LogP contribution in [-0.2, 0) is 6.42 Å². The Morgan fingerprint density at radius 3 is 2.52 bits per heavy atom. The highest BCUT2D eigenvalue weighted by Crippen LogP contribution is 2.34. The zero-order valence-electron chi connectivity index (χ0n) is 19.2. The van der Waals surface area contributed by atoms with Gasteiger partial charge in [0.1, 0.15) is 5.69 Å². The van der Waals surface area contributed by atoms with Gasteiger partial charge in [-0.25, -0.2) is 4.98 Å². The van der Waals surface area contributed by atoms with Crippen molar-refractivity contribution >= 4 is 16.9 Å². The summed E-state index contributed by atoms with van der Waals surface area (Å²) in [6.45, 7) is 1.50. The molecule has 1 amide bonds. The van der Waals surface area contributed by atoms with Gasteiger partial charge in [0.15, 0.2) is 11.5 Å². The second-order valence-electron chi connectivity index (χ2n) is 9.19. The lowest BCUT2D eigenvalue weighted by molar-refractivity contribution is 0.0684. The van der Waals surface area contributed by atoms with Crippen molar-refractivity contribution in [1.82, 2.24) is 14.9 Å². The molecule has 0 bridgehead atoms. The largest absolute Gasteiger partial charge is 0.493 e. The average Bonchev–Trinajstić information content (AvgIpc) is 3.37. The molecule has 6 nitrogen and oxygen atoms in total. The van der Waals surface area contributed by atoms with Gasteiger partial charge in [-0.05, 0) is 80.7 Å². The molecule has 0 spiro atoms. The van der Waals surface area contributed by atoms with E-state index >= 15 is 0 Å². The zero-order valence-corrected chi connectivity index (χ0v) is 19.2. The summed E-state index contributed by atoms with van der Waals surface area (Å²) in [5, 5.41) is 0. The summed E-state index contributed by atoms with van der Waals surface area (Å²) in [5.74, 6) is 2.19. The lowest BCUT2D eigenvalue weighted by atomic mass is 9.90. The highest BCUT2D eigenvalue weighted by Gasteiger charge is 2.25. The minimum Gasteiger partial charge on any atom is -0.493 e. The smallest absolute Gasteiger partial charge is 0.274 e. The first-order valence-corrected chi connectivity index (χ1v) is 12.0. The number of aromatic nitrogens is 2. The molecule has 2 heterocycles. The van der Waals surface area contributed by atoms with Gasteiger partial charge in [0.25, 0.3) is 5.91 Å². The Morgan fingerprint density at radius 2 is 1.76 bits per heavy atom. The van der Waals surface area contributed by atoms with E-state index in [1.165, 1.54) is 18.4 Å². The number of carbonyl (C=O) groups is 1. The number of para-hydroxylation sites is 2. The van der Waals surface area contributed by atoms with Crippen molar-refractivity contribution in [3.05, 3.63) is 59.9 Å².